The smallest absolute Gasteiger partial charge is 0.174 e. The first-order valence-corrected chi connectivity index (χ1v) is 9.89. The quantitative estimate of drug-likeness (QED) is 0.362. The highest BCUT2D eigenvalue weighted by Gasteiger charge is 2.15. The van der Waals surface area contributed by atoms with Crippen molar-refractivity contribution in [2.24, 2.45) is 0 Å². The number of nitrogens with zero attached hydrogens (tertiary/aromatic N) is 2. The molecule has 1 N–H and O–H groups in total. The fourth-order valence-corrected chi connectivity index (χ4v) is 3.47. The predicted molar refractivity (Wildman–Crippen MR) is 116 cm³/mol. The number of aromatic amines is 1. The third-order valence-electron chi connectivity index (χ3n) is 3.82. The zero-order valence-electron chi connectivity index (χ0n) is 15.7. The molecule has 1 aromatic heterocycles. The normalized spacial score (nSPS) is 11.7. The second-order valence-electron chi connectivity index (χ2n) is 6.35. The summed E-state index contributed by atoms with van der Waals surface area (Å²) in [6, 6.07) is 10.2. The number of ether oxygens (including phenoxy) is 2. The topological polar surface area (TPSA) is 70.9 Å². The molecule has 3 rings (SSSR count). The summed E-state index contributed by atoms with van der Waals surface area (Å²) >= 11 is 2.19. The van der Waals surface area contributed by atoms with E-state index in [4.69, 9.17) is 9.47 Å². The number of hydrogen-bond acceptors (Lipinski definition) is 4. The zero-order valence-corrected chi connectivity index (χ0v) is 17.9. The molecule has 0 bridgehead atoms. The molecule has 5 nitrogen and oxygen atoms in total. The van der Waals surface area contributed by atoms with Gasteiger partial charge in [0.1, 0.15) is 17.7 Å². The summed E-state index contributed by atoms with van der Waals surface area (Å²) in [7, 11) is 0. The Balaban J connectivity index is 2.05. The van der Waals surface area contributed by atoms with E-state index < -0.39 is 0 Å². The summed E-state index contributed by atoms with van der Waals surface area (Å²) in [6.07, 6.45) is 1.73. The summed E-state index contributed by atoms with van der Waals surface area (Å²) in [5.74, 6) is 1.34. The van der Waals surface area contributed by atoms with Gasteiger partial charge in [-0.3, -0.25) is 0 Å². The minimum atomic E-state index is -0.359. The van der Waals surface area contributed by atoms with Crippen LogP contribution in [0.25, 0.3) is 22.7 Å². The number of H-pyrrole nitrogens is 1. The van der Waals surface area contributed by atoms with Crippen LogP contribution in [0.2, 0.25) is 0 Å². The maximum atomic E-state index is 13.4. The Labute approximate surface area is 176 Å². The molecule has 7 heteroatoms. The molecule has 0 radical (unpaired) electrons. The summed E-state index contributed by atoms with van der Waals surface area (Å²) in [6.45, 7) is 6.32. The highest BCUT2D eigenvalue weighted by atomic mass is 127. The van der Waals surface area contributed by atoms with Crippen LogP contribution < -0.4 is 9.47 Å². The molecule has 0 saturated heterocycles. The molecular formula is C21H19FIN3O2. The van der Waals surface area contributed by atoms with Crippen LogP contribution in [-0.2, 0) is 0 Å². The molecule has 0 unspecified atom stereocenters. The lowest BCUT2D eigenvalue weighted by atomic mass is 10.1. The van der Waals surface area contributed by atoms with Gasteiger partial charge < -0.3 is 14.5 Å². The number of fused-ring (bicyclic) bond motifs is 1. The van der Waals surface area contributed by atoms with Crippen LogP contribution in [0, 0.1) is 20.7 Å². The van der Waals surface area contributed by atoms with E-state index in [-0.39, 0.29) is 11.9 Å². The number of halogens is 2. The van der Waals surface area contributed by atoms with Crippen molar-refractivity contribution in [3.05, 3.63) is 51.1 Å². The molecule has 144 valence electrons. The van der Waals surface area contributed by atoms with Gasteiger partial charge in [-0.2, -0.15) is 5.26 Å². The van der Waals surface area contributed by atoms with Gasteiger partial charge >= 0.3 is 0 Å². The lowest BCUT2D eigenvalue weighted by Gasteiger charge is -2.17. The molecule has 0 aliphatic carbocycles. The van der Waals surface area contributed by atoms with E-state index in [0.717, 1.165) is 9.13 Å². The van der Waals surface area contributed by atoms with Crippen molar-refractivity contribution in [1.29, 1.82) is 5.26 Å². The highest BCUT2D eigenvalue weighted by molar-refractivity contribution is 14.1. The molecule has 0 atom stereocenters. The Morgan fingerprint density at radius 1 is 1.36 bits per heavy atom. The van der Waals surface area contributed by atoms with Crippen LogP contribution >= 0.6 is 22.6 Å². The summed E-state index contributed by atoms with van der Waals surface area (Å²) in [5.41, 5.74) is 2.27. The average Bonchev–Trinajstić information content (AvgIpc) is 3.05. The number of aromatic nitrogens is 2. The number of nitriles is 1. The third kappa shape index (κ3) is 4.44. The van der Waals surface area contributed by atoms with Crippen molar-refractivity contribution < 1.29 is 13.9 Å². The van der Waals surface area contributed by atoms with E-state index in [1.807, 2.05) is 32.9 Å². The number of benzene rings is 2. The van der Waals surface area contributed by atoms with E-state index in [9.17, 15) is 9.65 Å². The zero-order chi connectivity index (χ0) is 20.3. The van der Waals surface area contributed by atoms with Crippen LogP contribution in [0.1, 0.15) is 32.2 Å². The van der Waals surface area contributed by atoms with E-state index >= 15 is 0 Å². The van der Waals surface area contributed by atoms with Crippen LogP contribution in [0.5, 0.6) is 11.5 Å². The predicted octanol–water partition coefficient (Wildman–Crippen LogP) is 5.56. The van der Waals surface area contributed by atoms with E-state index in [1.165, 1.54) is 12.1 Å². The van der Waals surface area contributed by atoms with Crippen LogP contribution in [0.3, 0.4) is 0 Å². The maximum Gasteiger partial charge on any atom is 0.174 e. The molecule has 0 aliphatic rings. The third-order valence-corrected chi connectivity index (χ3v) is 4.62. The van der Waals surface area contributed by atoms with Gasteiger partial charge in [-0.05, 0) is 85.3 Å². The second-order valence-corrected chi connectivity index (χ2v) is 7.51. The van der Waals surface area contributed by atoms with Gasteiger partial charge in [0, 0.05) is 0 Å². The number of imidazole rings is 1. The van der Waals surface area contributed by atoms with Crippen molar-refractivity contribution in [3.63, 3.8) is 0 Å². The second kappa shape index (κ2) is 8.61. The largest absolute Gasteiger partial charge is 0.490 e. The standard InChI is InChI=1S/C21H19FIN3O2/c1-4-27-19-9-13(8-16(23)20(19)28-12(2)3)7-14(11-24)21-25-17-6-5-15(22)10-18(17)26-21/h5-10,12H,4H2,1-3H3,(H,25,26)/b14-7-. The highest BCUT2D eigenvalue weighted by Crippen LogP contribution is 2.36. The fraction of sp³-hybridized carbons (Fsp3) is 0.238. The van der Waals surface area contributed by atoms with E-state index in [2.05, 4.69) is 38.6 Å². The fourth-order valence-electron chi connectivity index (χ4n) is 2.71. The van der Waals surface area contributed by atoms with Crippen LogP contribution in [0.15, 0.2) is 30.3 Å². The molecule has 28 heavy (non-hydrogen) atoms. The summed E-state index contributed by atoms with van der Waals surface area (Å²) < 4.78 is 25.9. The lowest BCUT2D eigenvalue weighted by Crippen LogP contribution is -2.09. The van der Waals surface area contributed by atoms with Crippen molar-refractivity contribution in [3.8, 4) is 17.6 Å². The summed E-state index contributed by atoms with van der Waals surface area (Å²) in [5, 5.41) is 9.63. The molecular weight excluding hydrogens is 472 g/mol. The molecule has 0 saturated carbocycles. The van der Waals surface area contributed by atoms with Gasteiger partial charge in [-0.1, -0.05) is 0 Å². The first-order chi connectivity index (χ1) is 13.4. The van der Waals surface area contributed by atoms with Gasteiger partial charge in [0.05, 0.1) is 32.9 Å². The van der Waals surface area contributed by atoms with Gasteiger partial charge in [-0.15, -0.1) is 0 Å². The molecule has 1 heterocycles. The maximum absolute atomic E-state index is 13.4. The van der Waals surface area contributed by atoms with Crippen molar-refractivity contribution in [2.45, 2.75) is 26.9 Å². The molecule has 0 fully saturated rings. The van der Waals surface area contributed by atoms with Gasteiger partial charge in [0.25, 0.3) is 0 Å². The van der Waals surface area contributed by atoms with E-state index in [0.29, 0.717) is 40.5 Å². The van der Waals surface area contributed by atoms with Gasteiger partial charge in [0.15, 0.2) is 11.5 Å². The van der Waals surface area contributed by atoms with Crippen LogP contribution in [0.4, 0.5) is 4.39 Å². The SMILES string of the molecule is CCOc1cc(/C=C(/C#N)c2nc3ccc(F)cc3[nH]2)cc(I)c1OC(C)C. The van der Waals surface area contributed by atoms with Crippen molar-refractivity contribution in [1.82, 2.24) is 9.97 Å². The number of allylic oxidation sites excluding steroid dienone is 1. The van der Waals surface area contributed by atoms with Gasteiger partial charge in [-0.25, -0.2) is 9.37 Å². The number of rotatable bonds is 6. The first-order valence-electron chi connectivity index (χ1n) is 8.81. The molecule has 0 spiro atoms. The van der Waals surface area contributed by atoms with Crippen molar-refractivity contribution in [2.75, 3.05) is 6.61 Å². The average molecular weight is 491 g/mol. The molecule has 3 aromatic rings. The molecule has 0 amide bonds. The van der Waals surface area contributed by atoms with Gasteiger partial charge in [0.2, 0.25) is 0 Å². The summed E-state index contributed by atoms with van der Waals surface area (Å²) in [4.78, 5) is 7.39. The van der Waals surface area contributed by atoms with E-state index in [1.54, 1.807) is 12.1 Å². The monoisotopic (exact) mass is 491 g/mol. The van der Waals surface area contributed by atoms with Crippen LogP contribution in [-0.4, -0.2) is 22.7 Å². The minimum absolute atomic E-state index is 0.0136. The Morgan fingerprint density at radius 3 is 2.82 bits per heavy atom. The number of nitrogens with one attached hydrogen (secondary N) is 1. The Morgan fingerprint density at radius 2 is 2.14 bits per heavy atom. The number of hydrogen-bond donors (Lipinski definition) is 1. The lowest BCUT2D eigenvalue weighted by molar-refractivity contribution is 0.222. The Bertz CT molecular complexity index is 1080. The molecule has 2 aromatic carbocycles. The first kappa shape index (κ1) is 20.1. The Hall–Kier alpha value is -2.60. The Kier molecular flexibility index (Phi) is 6.19. The molecule has 0 aliphatic heterocycles. The van der Waals surface area contributed by atoms with Crippen molar-refractivity contribution >= 4 is 45.3 Å². The minimum Gasteiger partial charge on any atom is -0.490 e.